The van der Waals surface area contributed by atoms with Gasteiger partial charge in [-0.1, -0.05) is 43.2 Å². The molecule has 1 aliphatic carbocycles. The summed E-state index contributed by atoms with van der Waals surface area (Å²) in [5.41, 5.74) is 5.89. The van der Waals surface area contributed by atoms with E-state index < -0.39 is 0 Å². The molecule has 0 radical (unpaired) electrons. The van der Waals surface area contributed by atoms with Crippen LogP contribution in [0.25, 0.3) is 10.8 Å². The minimum absolute atomic E-state index is 0. The maximum Gasteiger partial charge on any atom is 0.225 e. The highest BCUT2D eigenvalue weighted by Gasteiger charge is 2.37. The fourth-order valence-corrected chi connectivity index (χ4v) is 3.51. The van der Waals surface area contributed by atoms with Crippen LogP contribution < -0.4 is 15.8 Å². The highest BCUT2D eigenvalue weighted by atomic mass is 35.5. The van der Waals surface area contributed by atoms with E-state index in [4.69, 9.17) is 10.5 Å². The molecule has 25 heavy (non-hydrogen) atoms. The minimum atomic E-state index is -0.387. The van der Waals surface area contributed by atoms with Crippen LogP contribution in [0.5, 0.6) is 5.75 Å². The van der Waals surface area contributed by atoms with Crippen LogP contribution in [0, 0.1) is 5.92 Å². The first-order valence-electron chi connectivity index (χ1n) is 8.74. The number of halogens is 1. The molecule has 5 heteroatoms. The molecule has 2 aromatic carbocycles. The molecule has 1 saturated carbocycles. The molecule has 1 fully saturated rings. The molecule has 0 heterocycles. The van der Waals surface area contributed by atoms with E-state index in [1.807, 2.05) is 37.3 Å². The summed E-state index contributed by atoms with van der Waals surface area (Å²) in [7, 11) is 0. The highest BCUT2D eigenvalue weighted by molar-refractivity contribution is 5.85. The van der Waals surface area contributed by atoms with Crippen molar-refractivity contribution in [3.63, 3.8) is 0 Å². The molecule has 2 atom stereocenters. The molecule has 0 spiro atoms. The normalized spacial score (nSPS) is 22.9. The van der Waals surface area contributed by atoms with E-state index >= 15 is 0 Å². The monoisotopic (exact) mass is 362 g/mol. The van der Waals surface area contributed by atoms with Crippen LogP contribution in [0.1, 0.15) is 32.6 Å². The lowest BCUT2D eigenvalue weighted by atomic mass is 9.74. The molecule has 2 unspecified atom stereocenters. The molecule has 0 bridgehead atoms. The summed E-state index contributed by atoms with van der Waals surface area (Å²) >= 11 is 0. The summed E-state index contributed by atoms with van der Waals surface area (Å²) < 4.78 is 5.76. The average molecular weight is 363 g/mol. The predicted molar refractivity (Wildman–Crippen MR) is 104 cm³/mol. The fourth-order valence-electron chi connectivity index (χ4n) is 3.51. The van der Waals surface area contributed by atoms with Gasteiger partial charge in [-0.3, -0.25) is 4.79 Å². The molecular weight excluding hydrogens is 336 g/mol. The van der Waals surface area contributed by atoms with Crippen LogP contribution in [0.15, 0.2) is 42.5 Å². The highest BCUT2D eigenvalue weighted by Crippen LogP contribution is 2.31. The molecule has 0 aliphatic heterocycles. The molecule has 136 valence electrons. The van der Waals surface area contributed by atoms with Gasteiger partial charge < -0.3 is 15.8 Å². The molecule has 4 nitrogen and oxygen atoms in total. The SMILES string of the molecule is CC1(N)CCCCC1C(=O)NCCOc1ccc2ccccc2c1.Cl. The summed E-state index contributed by atoms with van der Waals surface area (Å²) in [5, 5.41) is 5.32. The summed E-state index contributed by atoms with van der Waals surface area (Å²) in [6.45, 7) is 2.94. The number of fused-ring (bicyclic) bond motifs is 1. The van der Waals surface area contributed by atoms with Crippen LogP contribution in [-0.4, -0.2) is 24.6 Å². The minimum Gasteiger partial charge on any atom is -0.492 e. The number of hydrogen-bond donors (Lipinski definition) is 2. The lowest BCUT2D eigenvalue weighted by Crippen LogP contribution is -2.53. The zero-order chi connectivity index (χ0) is 17.0. The van der Waals surface area contributed by atoms with Gasteiger partial charge in [-0.05, 0) is 42.7 Å². The number of hydrogen-bond acceptors (Lipinski definition) is 3. The molecule has 2 aromatic rings. The van der Waals surface area contributed by atoms with Gasteiger partial charge in [-0.2, -0.15) is 0 Å². The Bertz CT molecular complexity index is 718. The van der Waals surface area contributed by atoms with E-state index in [0.29, 0.717) is 13.2 Å². The largest absolute Gasteiger partial charge is 0.492 e. The lowest BCUT2D eigenvalue weighted by molar-refractivity contribution is -0.128. The van der Waals surface area contributed by atoms with Crippen molar-refractivity contribution in [3.8, 4) is 5.75 Å². The first-order valence-corrected chi connectivity index (χ1v) is 8.74. The van der Waals surface area contributed by atoms with Gasteiger partial charge in [0.2, 0.25) is 5.91 Å². The van der Waals surface area contributed by atoms with Gasteiger partial charge >= 0.3 is 0 Å². The summed E-state index contributed by atoms with van der Waals surface area (Å²) in [5.74, 6) is 0.790. The maximum absolute atomic E-state index is 12.4. The summed E-state index contributed by atoms with van der Waals surface area (Å²) in [6, 6.07) is 14.2. The molecule has 3 rings (SSSR count). The predicted octanol–water partition coefficient (Wildman–Crippen LogP) is 3.66. The number of ether oxygens (including phenoxy) is 1. The Kier molecular flexibility index (Phi) is 6.68. The number of nitrogens with one attached hydrogen (secondary N) is 1. The van der Waals surface area contributed by atoms with E-state index in [1.54, 1.807) is 0 Å². The quantitative estimate of drug-likeness (QED) is 0.798. The van der Waals surface area contributed by atoms with E-state index in [-0.39, 0.29) is 29.8 Å². The van der Waals surface area contributed by atoms with Crippen molar-refractivity contribution in [1.82, 2.24) is 5.32 Å². The van der Waals surface area contributed by atoms with Crippen LogP contribution >= 0.6 is 12.4 Å². The van der Waals surface area contributed by atoms with Crippen LogP contribution in [0.4, 0.5) is 0 Å². The first kappa shape index (κ1) is 19.5. The molecule has 3 N–H and O–H groups in total. The van der Waals surface area contributed by atoms with Gasteiger partial charge in [-0.25, -0.2) is 0 Å². The smallest absolute Gasteiger partial charge is 0.225 e. The van der Waals surface area contributed by atoms with E-state index in [2.05, 4.69) is 17.4 Å². The standard InChI is InChI=1S/C20H26N2O2.ClH/c1-20(21)11-5-4-8-18(20)19(23)22-12-13-24-17-10-9-15-6-2-3-7-16(15)14-17;/h2-3,6-7,9-10,14,18H,4-5,8,11-13,21H2,1H3,(H,22,23);1H. The summed E-state index contributed by atoms with van der Waals surface area (Å²) in [6.07, 6.45) is 3.99. The molecule has 0 saturated heterocycles. The van der Waals surface area contributed by atoms with E-state index in [0.717, 1.165) is 36.8 Å². The lowest BCUT2D eigenvalue weighted by Gasteiger charge is -2.37. The molecular formula is C20H27ClN2O2. The second kappa shape index (κ2) is 8.54. The van der Waals surface area contributed by atoms with Crippen molar-refractivity contribution >= 4 is 29.1 Å². The number of carbonyl (C=O) groups excluding carboxylic acids is 1. The van der Waals surface area contributed by atoms with E-state index in [9.17, 15) is 4.79 Å². The number of nitrogens with two attached hydrogens (primary N) is 1. The Morgan fingerprint density at radius 1 is 1.24 bits per heavy atom. The van der Waals surface area contributed by atoms with Gasteiger partial charge in [0.15, 0.2) is 0 Å². The van der Waals surface area contributed by atoms with Gasteiger partial charge in [0.1, 0.15) is 12.4 Å². The Hall–Kier alpha value is -1.78. The Balaban J connectivity index is 0.00000225. The Morgan fingerprint density at radius 2 is 2.00 bits per heavy atom. The van der Waals surface area contributed by atoms with Crippen molar-refractivity contribution in [1.29, 1.82) is 0 Å². The van der Waals surface area contributed by atoms with Crippen molar-refractivity contribution in [2.24, 2.45) is 11.7 Å². The topological polar surface area (TPSA) is 64.4 Å². The van der Waals surface area contributed by atoms with Crippen LogP contribution in [0.3, 0.4) is 0 Å². The van der Waals surface area contributed by atoms with Crippen molar-refractivity contribution in [2.75, 3.05) is 13.2 Å². The number of benzene rings is 2. The second-order valence-corrected chi connectivity index (χ2v) is 6.95. The van der Waals surface area contributed by atoms with E-state index in [1.165, 1.54) is 5.39 Å². The third-order valence-corrected chi connectivity index (χ3v) is 4.96. The molecule has 1 amide bonds. The fraction of sp³-hybridized carbons (Fsp3) is 0.450. The average Bonchev–Trinajstić information content (AvgIpc) is 2.58. The zero-order valence-electron chi connectivity index (χ0n) is 14.7. The van der Waals surface area contributed by atoms with Crippen LogP contribution in [0.2, 0.25) is 0 Å². The van der Waals surface area contributed by atoms with Gasteiger partial charge in [0.25, 0.3) is 0 Å². The van der Waals surface area contributed by atoms with Crippen molar-refractivity contribution in [3.05, 3.63) is 42.5 Å². The zero-order valence-corrected chi connectivity index (χ0v) is 15.5. The third kappa shape index (κ3) is 4.86. The first-order chi connectivity index (χ1) is 11.6. The third-order valence-electron chi connectivity index (χ3n) is 4.96. The number of carbonyl (C=O) groups is 1. The van der Waals surface area contributed by atoms with Crippen molar-refractivity contribution in [2.45, 2.75) is 38.1 Å². The molecule has 1 aliphatic rings. The second-order valence-electron chi connectivity index (χ2n) is 6.95. The Labute approximate surface area is 155 Å². The maximum atomic E-state index is 12.4. The number of rotatable bonds is 5. The Morgan fingerprint density at radius 3 is 2.76 bits per heavy atom. The van der Waals surface area contributed by atoms with Gasteiger partial charge in [0, 0.05) is 5.54 Å². The van der Waals surface area contributed by atoms with Gasteiger partial charge in [0.05, 0.1) is 12.5 Å². The van der Waals surface area contributed by atoms with Gasteiger partial charge in [-0.15, -0.1) is 12.4 Å². The summed E-state index contributed by atoms with van der Waals surface area (Å²) in [4.78, 5) is 12.4. The number of amides is 1. The van der Waals surface area contributed by atoms with Crippen LogP contribution in [-0.2, 0) is 4.79 Å². The molecule has 0 aromatic heterocycles. The van der Waals surface area contributed by atoms with Crippen molar-refractivity contribution < 1.29 is 9.53 Å².